The Morgan fingerprint density at radius 1 is 1.09 bits per heavy atom. The molecular weight excluding hydrogens is 274 g/mol. The van der Waals surface area contributed by atoms with Gasteiger partial charge in [-0.05, 0) is 54.8 Å². The molecule has 0 aliphatic heterocycles. The van der Waals surface area contributed by atoms with Crippen LogP contribution < -0.4 is 11.3 Å². The maximum Gasteiger partial charge on any atom is 0.274 e. The van der Waals surface area contributed by atoms with Crippen LogP contribution in [0.25, 0.3) is 10.8 Å². The van der Waals surface area contributed by atoms with Gasteiger partial charge in [0.25, 0.3) is 5.56 Å². The predicted octanol–water partition coefficient (Wildman–Crippen LogP) is 2.72. The third-order valence-electron chi connectivity index (χ3n) is 4.06. The summed E-state index contributed by atoms with van der Waals surface area (Å²) in [7, 11) is 1.69. The first kappa shape index (κ1) is 14.3. The first-order valence-corrected chi connectivity index (χ1v) is 7.27. The van der Waals surface area contributed by atoms with Gasteiger partial charge in [-0.15, -0.1) is 0 Å². The van der Waals surface area contributed by atoms with Crippen molar-refractivity contribution in [2.45, 2.75) is 20.3 Å². The number of hydrogen-bond donors (Lipinski definition) is 1. The maximum absolute atomic E-state index is 12.3. The average molecular weight is 293 g/mol. The minimum Gasteiger partial charge on any atom is -0.399 e. The van der Waals surface area contributed by atoms with E-state index in [1.165, 1.54) is 4.68 Å². The van der Waals surface area contributed by atoms with Crippen molar-refractivity contribution in [1.82, 2.24) is 9.78 Å². The minimum absolute atomic E-state index is 0.0607. The van der Waals surface area contributed by atoms with Gasteiger partial charge < -0.3 is 5.73 Å². The Morgan fingerprint density at radius 3 is 2.45 bits per heavy atom. The molecule has 2 N–H and O–H groups in total. The number of hydrogen-bond acceptors (Lipinski definition) is 3. The van der Waals surface area contributed by atoms with Crippen LogP contribution >= 0.6 is 0 Å². The second kappa shape index (κ2) is 5.30. The van der Waals surface area contributed by atoms with Crippen molar-refractivity contribution < 1.29 is 0 Å². The fourth-order valence-electron chi connectivity index (χ4n) is 2.71. The van der Waals surface area contributed by atoms with E-state index in [0.717, 1.165) is 38.8 Å². The largest absolute Gasteiger partial charge is 0.399 e. The Bertz CT molecular complexity index is 925. The number of nitrogens with two attached hydrogens (primary N) is 1. The van der Waals surface area contributed by atoms with E-state index in [1.807, 2.05) is 37.3 Å². The van der Waals surface area contributed by atoms with Crippen LogP contribution in [0.4, 0.5) is 5.69 Å². The van der Waals surface area contributed by atoms with Gasteiger partial charge in [-0.25, -0.2) is 4.68 Å². The van der Waals surface area contributed by atoms with Gasteiger partial charge >= 0.3 is 0 Å². The van der Waals surface area contributed by atoms with E-state index in [4.69, 9.17) is 5.73 Å². The summed E-state index contributed by atoms with van der Waals surface area (Å²) < 4.78 is 1.42. The van der Waals surface area contributed by atoms with Crippen molar-refractivity contribution in [1.29, 1.82) is 0 Å². The average Bonchev–Trinajstić information content (AvgIpc) is 2.47. The van der Waals surface area contributed by atoms with E-state index in [0.29, 0.717) is 6.42 Å². The molecule has 1 aromatic heterocycles. The van der Waals surface area contributed by atoms with E-state index >= 15 is 0 Å². The first-order chi connectivity index (χ1) is 10.5. The highest BCUT2D eigenvalue weighted by Crippen LogP contribution is 2.21. The van der Waals surface area contributed by atoms with Crippen LogP contribution in [0.2, 0.25) is 0 Å². The Hall–Kier alpha value is -2.62. The van der Waals surface area contributed by atoms with Gasteiger partial charge in [0.2, 0.25) is 0 Å². The van der Waals surface area contributed by atoms with Crippen LogP contribution in [-0.2, 0) is 13.5 Å². The first-order valence-electron chi connectivity index (χ1n) is 7.27. The molecule has 4 nitrogen and oxygen atoms in total. The number of aryl methyl sites for hydroxylation is 3. The summed E-state index contributed by atoms with van der Waals surface area (Å²) in [5.41, 5.74) is 10.8. The summed E-state index contributed by atoms with van der Waals surface area (Å²) in [6.45, 7) is 4.07. The van der Waals surface area contributed by atoms with E-state index in [1.54, 1.807) is 7.05 Å². The molecule has 0 unspecified atom stereocenters. The topological polar surface area (TPSA) is 60.9 Å². The van der Waals surface area contributed by atoms with Gasteiger partial charge in [-0.3, -0.25) is 4.79 Å². The summed E-state index contributed by atoms with van der Waals surface area (Å²) in [5, 5.41) is 6.11. The van der Waals surface area contributed by atoms with E-state index in [9.17, 15) is 4.79 Å². The lowest BCUT2D eigenvalue weighted by Crippen LogP contribution is -2.21. The summed E-state index contributed by atoms with van der Waals surface area (Å²) in [6, 6.07) is 11.8. The second-order valence-corrected chi connectivity index (χ2v) is 5.78. The fourth-order valence-corrected chi connectivity index (χ4v) is 2.71. The van der Waals surface area contributed by atoms with Gasteiger partial charge in [-0.1, -0.05) is 12.1 Å². The molecule has 4 heteroatoms. The maximum atomic E-state index is 12.3. The van der Waals surface area contributed by atoms with E-state index < -0.39 is 0 Å². The molecule has 0 saturated carbocycles. The van der Waals surface area contributed by atoms with Gasteiger partial charge in [0.15, 0.2) is 0 Å². The number of fused-ring (bicyclic) bond motifs is 1. The standard InChI is InChI=1S/C18H19N3O/c1-11-7-15-16(8-12(11)2)18(22)21(3)20-17(15)10-13-5-4-6-14(19)9-13/h4-9H,10,19H2,1-3H3. The van der Waals surface area contributed by atoms with Crippen molar-refractivity contribution >= 4 is 16.5 Å². The molecule has 0 fully saturated rings. The molecule has 0 amide bonds. The molecule has 2 aromatic carbocycles. The molecule has 0 aliphatic carbocycles. The molecule has 3 rings (SSSR count). The van der Waals surface area contributed by atoms with Gasteiger partial charge in [0.1, 0.15) is 0 Å². The molecule has 0 radical (unpaired) electrons. The van der Waals surface area contributed by atoms with Crippen molar-refractivity contribution in [3.05, 3.63) is 69.1 Å². The lowest BCUT2D eigenvalue weighted by molar-refractivity contribution is 0.697. The summed E-state index contributed by atoms with van der Waals surface area (Å²) in [5.74, 6) is 0. The third-order valence-corrected chi connectivity index (χ3v) is 4.06. The molecule has 0 aliphatic rings. The van der Waals surface area contributed by atoms with Crippen molar-refractivity contribution in [3.63, 3.8) is 0 Å². The number of nitrogen functional groups attached to an aromatic ring is 1. The van der Waals surface area contributed by atoms with Crippen molar-refractivity contribution in [3.8, 4) is 0 Å². The predicted molar refractivity (Wildman–Crippen MR) is 90.1 cm³/mol. The number of benzene rings is 2. The van der Waals surface area contributed by atoms with Crippen LogP contribution in [0.1, 0.15) is 22.4 Å². The lowest BCUT2D eigenvalue weighted by atomic mass is 10.00. The van der Waals surface area contributed by atoms with Crippen molar-refractivity contribution in [2.75, 3.05) is 5.73 Å². The highest BCUT2D eigenvalue weighted by atomic mass is 16.1. The second-order valence-electron chi connectivity index (χ2n) is 5.78. The fraction of sp³-hybridized carbons (Fsp3) is 0.222. The smallest absolute Gasteiger partial charge is 0.274 e. The zero-order chi connectivity index (χ0) is 15.9. The van der Waals surface area contributed by atoms with Crippen LogP contribution in [0.15, 0.2) is 41.2 Å². The molecule has 0 atom stereocenters. The van der Waals surface area contributed by atoms with Crippen LogP contribution in [0.3, 0.4) is 0 Å². The third kappa shape index (κ3) is 2.48. The highest BCUT2D eigenvalue weighted by molar-refractivity contribution is 5.85. The number of nitrogens with zero attached hydrogens (tertiary/aromatic N) is 2. The molecule has 0 bridgehead atoms. The highest BCUT2D eigenvalue weighted by Gasteiger charge is 2.11. The Kier molecular flexibility index (Phi) is 3.45. The summed E-state index contributed by atoms with van der Waals surface area (Å²) >= 11 is 0. The summed E-state index contributed by atoms with van der Waals surface area (Å²) in [4.78, 5) is 12.3. The van der Waals surface area contributed by atoms with E-state index in [2.05, 4.69) is 18.1 Å². The normalized spacial score (nSPS) is 11.0. The van der Waals surface area contributed by atoms with Gasteiger partial charge in [0, 0.05) is 24.5 Å². The van der Waals surface area contributed by atoms with Crippen LogP contribution in [-0.4, -0.2) is 9.78 Å². The molecule has 22 heavy (non-hydrogen) atoms. The van der Waals surface area contributed by atoms with Crippen LogP contribution in [0.5, 0.6) is 0 Å². The Morgan fingerprint density at radius 2 is 1.77 bits per heavy atom. The molecule has 0 saturated heterocycles. The summed E-state index contributed by atoms with van der Waals surface area (Å²) in [6.07, 6.45) is 0.651. The van der Waals surface area contributed by atoms with Crippen LogP contribution in [0, 0.1) is 13.8 Å². The van der Waals surface area contributed by atoms with Gasteiger partial charge in [0.05, 0.1) is 11.1 Å². The Labute approximate surface area is 129 Å². The zero-order valence-corrected chi connectivity index (χ0v) is 13.1. The molecular formula is C18H19N3O. The van der Waals surface area contributed by atoms with Gasteiger partial charge in [-0.2, -0.15) is 5.10 Å². The molecule has 1 heterocycles. The number of rotatable bonds is 2. The SMILES string of the molecule is Cc1cc2c(Cc3cccc(N)c3)nn(C)c(=O)c2cc1C. The minimum atomic E-state index is -0.0607. The van der Waals surface area contributed by atoms with Crippen molar-refractivity contribution in [2.24, 2.45) is 7.05 Å². The molecule has 0 spiro atoms. The molecule has 112 valence electrons. The Balaban J connectivity index is 2.23. The zero-order valence-electron chi connectivity index (χ0n) is 13.1. The molecule has 3 aromatic rings. The quantitative estimate of drug-likeness (QED) is 0.739. The number of anilines is 1. The lowest BCUT2D eigenvalue weighted by Gasteiger charge is -2.11. The van der Waals surface area contributed by atoms with E-state index in [-0.39, 0.29) is 5.56 Å². The number of aromatic nitrogens is 2. The monoisotopic (exact) mass is 293 g/mol.